The molecule has 29 heavy (non-hydrogen) atoms. The Bertz CT molecular complexity index is 897. The van der Waals surface area contributed by atoms with Crippen molar-refractivity contribution in [2.45, 2.75) is 31.8 Å². The molecular formula is C20H22N4O5. The maximum Gasteiger partial charge on any atom is 0.325 e. The Kier molecular flexibility index (Phi) is 5.96. The fraction of sp³-hybridized carbons (Fsp3) is 0.300. The number of hydrogen-bond donors (Lipinski definition) is 3. The normalized spacial score (nSPS) is 18.4. The van der Waals surface area contributed by atoms with E-state index in [9.17, 15) is 19.2 Å². The minimum Gasteiger partial charge on any atom is -0.467 e. The Morgan fingerprint density at radius 1 is 1.14 bits per heavy atom. The van der Waals surface area contributed by atoms with Crippen LogP contribution in [0.1, 0.15) is 24.7 Å². The SMILES string of the molecule is C[C@]1(CCc2ccccc2)NC(=O)N(CC(=O)NC(=O)NCc2ccco2)C1=O. The van der Waals surface area contributed by atoms with Crippen LogP contribution in [-0.4, -0.2) is 40.9 Å². The molecule has 0 aliphatic carbocycles. The van der Waals surface area contributed by atoms with E-state index in [-0.39, 0.29) is 6.54 Å². The fourth-order valence-electron chi connectivity index (χ4n) is 3.03. The van der Waals surface area contributed by atoms with E-state index in [0.29, 0.717) is 18.6 Å². The molecular weight excluding hydrogens is 376 g/mol. The van der Waals surface area contributed by atoms with E-state index in [1.165, 1.54) is 6.26 Å². The van der Waals surface area contributed by atoms with Crippen LogP contribution in [0.25, 0.3) is 0 Å². The average molecular weight is 398 g/mol. The van der Waals surface area contributed by atoms with Gasteiger partial charge in [-0.05, 0) is 37.5 Å². The Labute approximate surface area is 167 Å². The molecule has 9 nitrogen and oxygen atoms in total. The maximum atomic E-state index is 12.7. The van der Waals surface area contributed by atoms with E-state index in [1.807, 2.05) is 30.3 Å². The lowest BCUT2D eigenvalue weighted by Crippen LogP contribution is -2.47. The quantitative estimate of drug-likeness (QED) is 0.611. The summed E-state index contributed by atoms with van der Waals surface area (Å²) in [6.07, 6.45) is 2.45. The van der Waals surface area contributed by atoms with E-state index in [1.54, 1.807) is 19.1 Å². The highest BCUT2D eigenvalue weighted by Gasteiger charge is 2.47. The molecule has 1 aliphatic heterocycles. The number of imide groups is 2. The highest BCUT2D eigenvalue weighted by molar-refractivity contribution is 6.09. The molecule has 9 heteroatoms. The Morgan fingerprint density at radius 3 is 2.59 bits per heavy atom. The van der Waals surface area contributed by atoms with Crippen LogP contribution in [0.4, 0.5) is 9.59 Å². The number of aryl methyl sites for hydroxylation is 1. The van der Waals surface area contributed by atoms with Crippen LogP contribution < -0.4 is 16.0 Å². The predicted molar refractivity (Wildman–Crippen MR) is 102 cm³/mol. The number of carbonyl (C=O) groups excluding carboxylic acids is 4. The van der Waals surface area contributed by atoms with Gasteiger partial charge in [0, 0.05) is 0 Å². The first kappa shape index (κ1) is 20.1. The fourth-order valence-corrected chi connectivity index (χ4v) is 3.03. The molecule has 152 valence electrons. The van der Waals surface area contributed by atoms with Crippen molar-refractivity contribution in [3.8, 4) is 0 Å². The first-order valence-corrected chi connectivity index (χ1v) is 9.15. The van der Waals surface area contributed by atoms with Crippen LogP contribution in [0.5, 0.6) is 0 Å². The molecule has 1 aromatic carbocycles. The van der Waals surface area contributed by atoms with Gasteiger partial charge in [-0.1, -0.05) is 30.3 Å². The number of furan rings is 1. The lowest BCUT2D eigenvalue weighted by molar-refractivity contribution is -0.134. The number of benzene rings is 1. The molecule has 1 saturated heterocycles. The van der Waals surface area contributed by atoms with Crippen LogP contribution >= 0.6 is 0 Å². The van der Waals surface area contributed by atoms with Gasteiger partial charge in [0.15, 0.2) is 0 Å². The van der Waals surface area contributed by atoms with Crippen molar-refractivity contribution in [1.29, 1.82) is 0 Å². The number of urea groups is 2. The van der Waals surface area contributed by atoms with E-state index < -0.39 is 36.0 Å². The highest BCUT2D eigenvalue weighted by atomic mass is 16.3. The second-order valence-corrected chi connectivity index (χ2v) is 6.95. The van der Waals surface area contributed by atoms with Crippen LogP contribution in [-0.2, 0) is 22.6 Å². The summed E-state index contributed by atoms with van der Waals surface area (Å²) in [5, 5.41) is 7.19. The monoisotopic (exact) mass is 398 g/mol. The molecule has 1 aliphatic rings. The molecule has 6 amide bonds. The topological polar surface area (TPSA) is 121 Å². The van der Waals surface area contributed by atoms with Gasteiger partial charge < -0.3 is 15.1 Å². The molecule has 0 saturated carbocycles. The number of nitrogens with zero attached hydrogens (tertiary/aromatic N) is 1. The molecule has 3 N–H and O–H groups in total. The van der Waals surface area contributed by atoms with Gasteiger partial charge in [-0.3, -0.25) is 19.8 Å². The molecule has 1 aromatic heterocycles. The number of hydrogen-bond acceptors (Lipinski definition) is 5. The first-order valence-electron chi connectivity index (χ1n) is 9.15. The van der Waals surface area contributed by atoms with Gasteiger partial charge >= 0.3 is 12.1 Å². The standard InChI is InChI=1S/C20H22N4O5/c1-20(10-9-14-6-3-2-4-7-14)17(26)24(19(28)23-20)13-16(25)22-18(27)21-12-15-8-5-11-29-15/h2-8,11H,9-10,12-13H2,1H3,(H,23,28)(H2,21,22,25,27)/t20-/m1/s1. The summed E-state index contributed by atoms with van der Waals surface area (Å²) in [7, 11) is 0. The molecule has 0 radical (unpaired) electrons. The third kappa shape index (κ3) is 5.01. The molecule has 2 heterocycles. The van der Waals surface area contributed by atoms with E-state index in [0.717, 1.165) is 10.5 Å². The summed E-state index contributed by atoms with van der Waals surface area (Å²) in [6.45, 7) is 1.19. The van der Waals surface area contributed by atoms with Gasteiger partial charge in [-0.15, -0.1) is 0 Å². The van der Waals surface area contributed by atoms with E-state index in [4.69, 9.17) is 4.42 Å². The van der Waals surface area contributed by atoms with Crippen LogP contribution in [0.3, 0.4) is 0 Å². The minimum absolute atomic E-state index is 0.104. The zero-order chi connectivity index (χ0) is 20.9. The number of nitrogens with one attached hydrogen (secondary N) is 3. The molecule has 0 spiro atoms. The first-order chi connectivity index (χ1) is 13.9. The second-order valence-electron chi connectivity index (χ2n) is 6.95. The summed E-state index contributed by atoms with van der Waals surface area (Å²) in [4.78, 5) is 49.6. The summed E-state index contributed by atoms with van der Waals surface area (Å²) in [5.41, 5.74) is -0.0606. The van der Waals surface area contributed by atoms with Crippen molar-refractivity contribution in [1.82, 2.24) is 20.9 Å². The van der Waals surface area contributed by atoms with Crippen molar-refractivity contribution >= 4 is 23.9 Å². The minimum atomic E-state index is -1.10. The Balaban J connectivity index is 1.50. The third-order valence-electron chi connectivity index (χ3n) is 4.66. The number of rotatable bonds is 7. The maximum absolute atomic E-state index is 12.7. The summed E-state index contributed by atoms with van der Waals surface area (Å²) < 4.78 is 5.07. The molecule has 3 rings (SSSR count). The molecule has 1 fully saturated rings. The predicted octanol–water partition coefficient (Wildman–Crippen LogP) is 1.55. The molecule has 2 aromatic rings. The van der Waals surface area contributed by atoms with Gasteiger partial charge in [0.25, 0.3) is 5.91 Å². The van der Waals surface area contributed by atoms with Crippen molar-refractivity contribution in [2.24, 2.45) is 0 Å². The Morgan fingerprint density at radius 2 is 1.90 bits per heavy atom. The largest absolute Gasteiger partial charge is 0.467 e. The lowest BCUT2D eigenvalue weighted by Gasteiger charge is -2.21. The summed E-state index contributed by atoms with van der Waals surface area (Å²) in [5.74, 6) is -0.738. The molecule has 0 bridgehead atoms. The van der Waals surface area contributed by atoms with Crippen molar-refractivity contribution in [3.63, 3.8) is 0 Å². The van der Waals surface area contributed by atoms with Crippen molar-refractivity contribution in [3.05, 3.63) is 60.1 Å². The molecule has 1 atom stereocenters. The highest BCUT2D eigenvalue weighted by Crippen LogP contribution is 2.23. The number of amides is 6. The number of carbonyl (C=O) groups is 4. The smallest absolute Gasteiger partial charge is 0.325 e. The summed E-state index contributed by atoms with van der Waals surface area (Å²) >= 11 is 0. The van der Waals surface area contributed by atoms with Gasteiger partial charge in [0.1, 0.15) is 17.8 Å². The van der Waals surface area contributed by atoms with Gasteiger partial charge in [-0.25, -0.2) is 9.59 Å². The Hall–Kier alpha value is -3.62. The lowest BCUT2D eigenvalue weighted by atomic mass is 9.93. The van der Waals surface area contributed by atoms with Crippen molar-refractivity contribution in [2.75, 3.05) is 6.54 Å². The zero-order valence-corrected chi connectivity index (χ0v) is 15.9. The third-order valence-corrected chi connectivity index (χ3v) is 4.66. The summed E-state index contributed by atoms with van der Waals surface area (Å²) in [6, 6.07) is 11.5. The van der Waals surface area contributed by atoms with Gasteiger partial charge in [0.2, 0.25) is 5.91 Å². The second kappa shape index (κ2) is 8.59. The van der Waals surface area contributed by atoms with Gasteiger partial charge in [-0.2, -0.15) is 0 Å². The van der Waals surface area contributed by atoms with Crippen LogP contribution in [0, 0.1) is 0 Å². The van der Waals surface area contributed by atoms with Crippen LogP contribution in [0.15, 0.2) is 53.1 Å². The van der Waals surface area contributed by atoms with E-state index in [2.05, 4.69) is 16.0 Å². The zero-order valence-electron chi connectivity index (χ0n) is 15.9. The van der Waals surface area contributed by atoms with Gasteiger partial charge in [0.05, 0.1) is 12.8 Å². The average Bonchev–Trinajstić information content (AvgIpc) is 3.29. The van der Waals surface area contributed by atoms with Crippen LogP contribution in [0.2, 0.25) is 0 Å². The van der Waals surface area contributed by atoms with Crippen molar-refractivity contribution < 1.29 is 23.6 Å². The van der Waals surface area contributed by atoms with E-state index >= 15 is 0 Å². The molecule has 0 unspecified atom stereocenters.